The first-order chi connectivity index (χ1) is 15.3. The molecule has 0 saturated carbocycles. The van der Waals surface area contributed by atoms with E-state index in [2.05, 4.69) is 102 Å². The molecule has 2 heterocycles. The molecule has 0 amide bonds. The monoisotopic (exact) mass is 399 g/mol. The van der Waals surface area contributed by atoms with E-state index in [9.17, 15) is 0 Å². The van der Waals surface area contributed by atoms with Crippen molar-refractivity contribution >= 4 is 32.7 Å². The summed E-state index contributed by atoms with van der Waals surface area (Å²) in [5, 5.41) is 3.59. The molecule has 0 fully saturated rings. The first kappa shape index (κ1) is 17.8. The molecular weight excluding hydrogens is 378 g/mol. The molecule has 0 aliphatic rings. The SMILES string of the molecule is CCc1nc(-c2ccc3c4ccccc4n(-c4ccccc4)c3c2)c2ccccc2n1. The van der Waals surface area contributed by atoms with Gasteiger partial charge in [0.15, 0.2) is 0 Å². The Kier molecular flexibility index (Phi) is 4.07. The van der Waals surface area contributed by atoms with Crippen LogP contribution in [0.15, 0.2) is 97.1 Å². The summed E-state index contributed by atoms with van der Waals surface area (Å²) in [5.41, 5.74) is 6.66. The lowest BCUT2D eigenvalue weighted by atomic mass is 10.0. The Labute approximate surface area is 180 Å². The smallest absolute Gasteiger partial charge is 0.129 e. The second-order valence-corrected chi connectivity index (χ2v) is 7.78. The third-order valence-corrected chi connectivity index (χ3v) is 5.93. The molecule has 31 heavy (non-hydrogen) atoms. The molecule has 0 aliphatic heterocycles. The Bertz CT molecular complexity index is 1560. The topological polar surface area (TPSA) is 30.7 Å². The van der Waals surface area contributed by atoms with Gasteiger partial charge in [-0.2, -0.15) is 0 Å². The van der Waals surface area contributed by atoms with Crippen LogP contribution >= 0.6 is 0 Å². The standard InChI is InChI=1S/C28H21N3/c1-2-27-29-24-14-8-6-13-23(24)28(30-27)19-16-17-22-21-12-7-9-15-25(21)31(26(22)18-19)20-10-4-3-5-11-20/h3-18H,2H2,1H3. The predicted octanol–water partition coefficient (Wildman–Crippen LogP) is 6.96. The highest BCUT2D eigenvalue weighted by Crippen LogP contribution is 2.35. The van der Waals surface area contributed by atoms with Crippen molar-refractivity contribution < 1.29 is 0 Å². The van der Waals surface area contributed by atoms with Crippen LogP contribution in [0, 0.1) is 0 Å². The van der Waals surface area contributed by atoms with Gasteiger partial charge >= 0.3 is 0 Å². The third-order valence-electron chi connectivity index (χ3n) is 5.93. The van der Waals surface area contributed by atoms with Crippen LogP contribution in [0.2, 0.25) is 0 Å². The van der Waals surface area contributed by atoms with Gasteiger partial charge in [0.2, 0.25) is 0 Å². The average Bonchev–Trinajstić information content (AvgIpc) is 3.17. The van der Waals surface area contributed by atoms with E-state index in [1.54, 1.807) is 0 Å². The summed E-state index contributed by atoms with van der Waals surface area (Å²) in [7, 11) is 0. The molecule has 6 rings (SSSR count). The quantitative estimate of drug-likeness (QED) is 0.322. The fourth-order valence-corrected chi connectivity index (χ4v) is 4.48. The molecule has 0 atom stereocenters. The number of rotatable bonds is 3. The van der Waals surface area contributed by atoms with Gasteiger partial charge in [0.05, 0.1) is 22.2 Å². The molecular formula is C28H21N3. The number of fused-ring (bicyclic) bond motifs is 4. The maximum Gasteiger partial charge on any atom is 0.129 e. The van der Waals surface area contributed by atoms with E-state index >= 15 is 0 Å². The summed E-state index contributed by atoms with van der Waals surface area (Å²) in [5.74, 6) is 0.873. The Morgan fingerprint density at radius 2 is 1.35 bits per heavy atom. The highest BCUT2D eigenvalue weighted by molar-refractivity contribution is 6.10. The predicted molar refractivity (Wildman–Crippen MR) is 129 cm³/mol. The Morgan fingerprint density at radius 3 is 2.19 bits per heavy atom. The van der Waals surface area contributed by atoms with Gasteiger partial charge in [-0.05, 0) is 30.3 Å². The van der Waals surface area contributed by atoms with Crippen molar-refractivity contribution in [1.29, 1.82) is 0 Å². The van der Waals surface area contributed by atoms with E-state index in [1.165, 1.54) is 21.8 Å². The van der Waals surface area contributed by atoms with Crippen LogP contribution in [-0.2, 0) is 6.42 Å². The van der Waals surface area contributed by atoms with Crippen LogP contribution in [-0.4, -0.2) is 14.5 Å². The first-order valence-electron chi connectivity index (χ1n) is 10.7. The van der Waals surface area contributed by atoms with Crippen molar-refractivity contribution in [3.05, 3.63) is 103 Å². The summed E-state index contributed by atoms with van der Waals surface area (Å²) in [4.78, 5) is 9.66. The second kappa shape index (κ2) is 7.06. The van der Waals surface area contributed by atoms with Crippen LogP contribution in [0.1, 0.15) is 12.7 Å². The summed E-state index contributed by atoms with van der Waals surface area (Å²) in [6.45, 7) is 2.10. The van der Waals surface area contributed by atoms with Crippen molar-refractivity contribution in [3.63, 3.8) is 0 Å². The average molecular weight is 399 g/mol. The fraction of sp³-hybridized carbons (Fsp3) is 0.0714. The second-order valence-electron chi connectivity index (χ2n) is 7.78. The molecule has 4 aromatic carbocycles. The number of hydrogen-bond donors (Lipinski definition) is 0. The summed E-state index contributed by atoms with van der Waals surface area (Å²) < 4.78 is 2.35. The first-order valence-corrected chi connectivity index (χ1v) is 10.7. The van der Waals surface area contributed by atoms with Gasteiger partial charge in [-0.1, -0.05) is 73.7 Å². The zero-order valence-corrected chi connectivity index (χ0v) is 17.3. The number of para-hydroxylation sites is 3. The molecule has 0 N–H and O–H groups in total. The molecule has 3 nitrogen and oxygen atoms in total. The van der Waals surface area contributed by atoms with Gasteiger partial charge in [-0.3, -0.25) is 0 Å². The number of aromatic nitrogens is 3. The lowest BCUT2D eigenvalue weighted by Crippen LogP contribution is -1.98. The minimum absolute atomic E-state index is 0.810. The lowest BCUT2D eigenvalue weighted by molar-refractivity contribution is 0.964. The Balaban J connectivity index is 1.70. The van der Waals surface area contributed by atoms with E-state index in [-0.39, 0.29) is 0 Å². The highest BCUT2D eigenvalue weighted by atomic mass is 15.0. The lowest BCUT2D eigenvalue weighted by Gasteiger charge is -2.10. The van der Waals surface area contributed by atoms with Crippen molar-refractivity contribution in [3.8, 4) is 16.9 Å². The van der Waals surface area contributed by atoms with Gasteiger partial charge in [-0.15, -0.1) is 0 Å². The van der Waals surface area contributed by atoms with Crippen LogP contribution in [0.5, 0.6) is 0 Å². The summed E-state index contributed by atoms with van der Waals surface area (Å²) in [6.07, 6.45) is 0.810. The van der Waals surface area contributed by atoms with Crippen LogP contribution in [0.3, 0.4) is 0 Å². The summed E-state index contributed by atoms with van der Waals surface area (Å²) in [6, 6.07) is 34.1. The molecule has 148 valence electrons. The summed E-state index contributed by atoms with van der Waals surface area (Å²) >= 11 is 0. The Morgan fingerprint density at radius 1 is 0.645 bits per heavy atom. The molecule has 0 saturated heterocycles. The van der Waals surface area contributed by atoms with E-state index in [0.717, 1.165) is 40.1 Å². The van der Waals surface area contributed by atoms with Gasteiger partial charge in [0, 0.05) is 33.8 Å². The van der Waals surface area contributed by atoms with Gasteiger partial charge in [0.1, 0.15) is 5.82 Å². The van der Waals surface area contributed by atoms with Crippen LogP contribution < -0.4 is 0 Å². The zero-order valence-electron chi connectivity index (χ0n) is 17.3. The van der Waals surface area contributed by atoms with Gasteiger partial charge in [0.25, 0.3) is 0 Å². The molecule has 0 unspecified atom stereocenters. The zero-order chi connectivity index (χ0) is 20.8. The Hall–Kier alpha value is -3.98. The number of benzene rings is 4. The maximum atomic E-state index is 4.93. The normalized spacial score (nSPS) is 11.5. The molecule has 0 bridgehead atoms. The van der Waals surface area contributed by atoms with Crippen molar-refractivity contribution in [2.24, 2.45) is 0 Å². The minimum atomic E-state index is 0.810. The largest absolute Gasteiger partial charge is 0.309 e. The van der Waals surface area contributed by atoms with Gasteiger partial charge in [-0.25, -0.2) is 9.97 Å². The molecule has 0 radical (unpaired) electrons. The number of nitrogens with zero attached hydrogens (tertiary/aromatic N) is 3. The minimum Gasteiger partial charge on any atom is -0.309 e. The number of hydrogen-bond acceptors (Lipinski definition) is 2. The van der Waals surface area contributed by atoms with Crippen molar-refractivity contribution in [2.45, 2.75) is 13.3 Å². The molecule has 6 aromatic rings. The highest BCUT2D eigenvalue weighted by Gasteiger charge is 2.15. The molecule has 0 spiro atoms. The molecule has 3 heteroatoms. The molecule has 0 aliphatic carbocycles. The van der Waals surface area contributed by atoms with E-state index in [1.807, 2.05) is 6.07 Å². The third kappa shape index (κ3) is 2.82. The van der Waals surface area contributed by atoms with E-state index in [4.69, 9.17) is 9.97 Å². The van der Waals surface area contributed by atoms with E-state index in [0.29, 0.717) is 0 Å². The number of aryl methyl sites for hydroxylation is 1. The van der Waals surface area contributed by atoms with Crippen molar-refractivity contribution in [2.75, 3.05) is 0 Å². The van der Waals surface area contributed by atoms with E-state index < -0.39 is 0 Å². The van der Waals surface area contributed by atoms with Crippen LogP contribution in [0.25, 0.3) is 49.7 Å². The molecule has 2 aromatic heterocycles. The van der Waals surface area contributed by atoms with Crippen LogP contribution in [0.4, 0.5) is 0 Å². The maximum absolute atomic E-state index is 4.93. The van der Waals surface area contributed by atoms with Crippen molar-refractivity contribution in [1.82, 2.24) is 14.5 Å². The van der Waals surface area contributed by atoms with Gasteiger partial charge < -0.3 is 4.57 Å². The fourth-order valence-electron chi connectivity index (χ4n) is 4.48.